The maximum Gasteiger partial charge on any atom is 0.255 e. The van der Waals surface area contributed by atoms with E-state index in [9.17, 15) is 9.90 Å². The number of rotatable bonds is 7. The van der Waals surface area contributed by atoms with Crippen molar-refractivity contribution in [1.29, 1.82) is 0 Å². The molecule has 1 N–H and O–H groups in total. The fourth-order valence-corrected chi connectivity index (χ4v) is 3.41. The molecule has 0 saturated carbocycles. The average molecular weight is 334 g/mol. The SMILES string of the molecule is COCCN1CCCC(O)(CN2CC(Oc3ccccc3)C2)C1=O. The largest absolute Gasteiger partial charge is 0.488 e. The number of likely N-dealkylation sites (tertiary alicyclic amines) is 2. The topological polar surface area (TPSA) is 62.2 Å². The van der Waals surface area contributed by atoms with Crippen LogP contribution in [0.15, 0.2) is 30.3 Å². The second kappa shape index (κ2) is 7.51. The molecule has 0 bridgehead atoms. The third-order valence-corrected chi connectivity index (χ3v) is 4.72. The standard InChI is InChI=1S/C18H26N2O4/c1-23-11-10-20-9-5-8-18(22,17(20)21)14-19-12-16(13-19)24-15-6-3-2-4-7-15/h2-4,6-7,16,22H,5,8-14H2,1H3. The summed E-state index contributed by atoms with van der Waals surface area (Å²) in [5.41, 5.74) is -1.27. The predicted octanol–water partition coefficient (Wildman–Crippen LogP) is 0.750. The summed E-state index contributed by atoms with van der Waals surface area (Å²) in [6.07, 6.45) is 1.47. The lowest BCUT2D eigenvalue weighted by atomic mass is 9.90. The van der Waals surface area contributed by atoms with E-state index in [1.807, 2.05) is 30.3 Å². The highest BCUT2D eigenvalue weighted by molar-refractivity contribution is 5.86. The van der Waals surface area contributed by atoms with Crippen LogP contribution in [0, 0.1) is 0 Å². The third kappa shape index (κ3) is 3.88. The summed E-state index contributed by atoms with van der Waals surface area (Å²) in [5.74, 6) is 0.693. The van der Waals surface area contributed by atoms with E-state index in [4.69, 9.17) is 9.47 Å². The lowest BCUT2D eigenvalue weighted by molar-refractivity contribution is -0.163. The summed E-state index contributed by atoms with van der Waals surface area (Å²) >= 11 is 0. The Morgan fingerprint density at radius 3 is 2.75 bits per heavy atom. The van der Waals surface area contributed by atoms with Crippen LogP contribution in [0.25, 0.3) is 0 Å². The molecule has 24 heavy (non-hydrogen) atoms. The van der Waals surface area contributed by atoms with Crippen LogP contribution in [0.5, 0.6) is 5.75 Å². The molecule has 1 aromatic carbocycles. The first-order chi connectivity index (χ1) is 11.6. The molecule has 2 saturated heterocycles. The molecule has 1 unspecified atom stereocenters. The Morgan fingerprint density at radius 1 is 1.29 bits per heavy atom. The quantitative estimate of drug-likeness (QED) is 0.797. The summed E-state index contributed by atoms with van der Waals surface area (Å²) < 4.78 is 10.9. The summed E-state index contributed by atoms with van der Waals surface area (Å²) in [6, 6.07) is 9.73. The van der Waals surface area contributed by atoms with E-state index < -0.39 is 5.60 Å². The summed E-state index contributed by atoms with van der Waals surface area (Å²) in [6.45, 7) is 3.59. The number of β-amino-alcohol motifs (C(OH)–C–C–N with tert-alkyl or cyclic N) is 1. The molecule has 1 aromatic rings. The van der Waals surface area contributed by atoms with Crippen molar-refractivity contribution < 1.29 is 19.4 Å². The maximum atomic E-state index is 12.6. The van der Waals surface area contributed by atoms with Crippen LogP contribution >= 0.6 is 0 Å². The van der Waals surface area contributed by atoms with Crippen LogP contribution in [-0.4, -0.2) is 79.0 Å². The Morgan fingerprint density at radius 2 is 2.04 bits per heavy atom. The van der Waals surface area contributed by atoms with Gasteiger partial charge in [-0.25, -0.2) is 0 Å². The van der Waals surface area contributed by atoms with Gasteiger partial charge in [-0.3, -0.25) is 9.69 Å². The molecule has 0 aliphatic carbocycles. The number of benzene rings is 1. The molecule has 3 rings (SSSR count). The zero-order chi connectivity index (χ0) is 17.0. The van der Waals surface area contributed by atoms with Gasteiger partial charge in [-0.15, -0.1) is 0 Å². The maximum absolute atomic E-state index is 12.6. The molecule has 0 spiro atoms. The van der Waals surface area contributed by atoms with Gasteiger partial charge < -0.3 is 19.5 Å². The van der Waals surface area contributed by atoms with Crippen molar-refractivity contribution in [1.82, 2.24) is 9.80 Å². The summed E-state index contributed by atoms with van der Waals surface area (Å²) in [7, 11) is 1.62. The number of hydrogen-bond acceptors (Lipinski definition) is 5. The highest BCUT2D eigenvalue weighted by Gasteiger charge is 2.45. The number of ether oxygens (including phenoxy) is 2. The van der Waals surface area contributed by atoms with Gasteiger partial charge in [0, 0.05) is 39.8 Å². The molecule has 2 heterocycles. The summed E-state index contributed by atoms with van der Waals surface area (Å²) in [5, 5.41) is 10.8. The molecule has 1 atom stereocenters. The van der Waals surface area contributed by atoms with Gasteiger partial charge in [-0.05, 0) is 25.0 Å². The van der Waals surface area contributed by atoms with Crippen molar-refractivity contribution in [2.45, 2.75) is 24.5 Å². The Hall–Kier alpha value is -1.63. The first kappa shape index (κ1) is 17.2. The van der Waals surface area contributed by atoms with Crippen molar-refractivity contribution in [3.8, 4) is 5.75 Å². The highest BCUT2D eigenvalue weighted by Crippen LogP contribution is 2.26. The number of hydrogen-bond donors (Lipinski definition) is 1. The number of para-hydroxylation sites is 1. The monoisotopic (exact) mass is 334 g/mol. The lowest BCUT2D eigenvalue weighted by Gasteiger charge is -2.45. The van der Waals surface area contributed by atoms with Gasteiger partial charge in [0.1, 0.15) is 11.9 Å². The van der Waals surface area contributed by atoms with Gasteiger partial charge in [-0.1, -0.05) is 18.2 Å². The van der Waals surface area contributed by atoms with E-state index in [0.29, 0.717) is 32.7 Å². The molecule has 2 aliphatic heterocycles. The van der Waals surface area contributed by atoms with Crippen molar-refractivity contribution in [2.75, 3.05) is 46.4 Å². The van der Waals surface area contributed by atoms with E-state index in [-0.39, 0.29) is 12.0 Å². The van der Waals surface area contributed by atoms with Crippen molar-refractivity contribution >= 4 is 5.91 Å². The molecule has 132 valence electrons. The number of amides is 1. The summed E-state index contributed by atoms with van der Waals surface area (Å²) in [4.78, 5) is 16.4. The van der Waals surface area contributed by atoms with Gasteiger partial charge in [-0.2, -0.15) is 0 Å². The van der Waals surface area contributed by atoms with Gasteiger partial charge in [0.25, 0.3) is 5.91 Å². The third-order valence-electron chi connectivity index (χ3n) is 4.72. The Labute approximate surface area is 143 Å². The number of aliphatic hydroxyl groups is 1. The van der Waals surface area contributed by atoms with E-state index in [2.05, 4.69) is 4.90 Å². The van der Waals surface area contributed by atoms with Crippen molar-refractivity contribution in [2.24, 2.45) is 0 Å². The zero-order valence-corrected chi connectivity index (χ0v) is 14.2. The number of carbonyl (C=O) groups excluding carboxylic acids is 1. The smallest absolute Gasteiger partial charge is 0.255 e. The fourth-order valence-electron chi connectivity index (χ4n) is 3.41. The van der Waals surface area contributed by atoms with E-state index in [1.165, 1.54) is 0 Å². The molecule has 1 amide bonds. The minimum atomic E-state index is -1.27. The van der Waals surface area contributed by atoms with Crippen LogP contribution in [0.1, 0.15) is 12.8 Å². The Balaban J connectivity index is 1.48. The van der Waals surface area contributed by atoms with Crippen molar-refractivity contribution in [3.63, 3.8) is 0 Å². The van der Waals surface area contributed by atoms with Crippen molar-refractivity contribution in [3.05, 3.63) is 30.3 Å². The predicted molar refractivity (Wildman–Crippen MR) is 89.9 cm³/mol. The second-order valence-corrected chi connectivity index (χ2v) is 6.67. The van der Waals surface area contributed by atoms with Crippen LogP contribution in [0.3, 0.4) is 0 Å². The number of piperidine rings is 1. The minimum absolute atomic E-state index is 0.124. The molecule has 0 aromatic heterocycles. The second-order valence-electron chi connectivity index (χ2n) is 6.67. The van der Waals surface area contributed by atoms with E-state index in [1.54, 1.807) is 12.0 Å². The van der Waals surface area contributed by atoms with Crippen LogP contribution < -0.4 is 4.74 Å². The fraction of sp³-hybridized carbons (Fsp3) is 0.611. The molecule has 2 aliphatic rings. The lowest BCUT2D eigenvalue weighted by Crippen LogP contribution is -2.64. The van der Waals surface area contributed by atoms with Crippen LogP contribution in [0.2, 0.25) is 0 Å². The van der Waals surface area contributed by atoms with Gasteiger partial charge in [0.15, 0.2) is 5.60 Å². The minimum Gasteiger partial charge on any atom is -0.488 e. The van der Waals surface area contributed by atoms with Gasteiger partial charge in [0.2, 0.25) is 0 Å². The average Bonchev–Trinajstić information content (AvgIpc) is 2.55. The molecule has 2 fully saturated rings. The normalized spacial score (nSPS) is 25.6. The Bertz CT molecular complexity index is 547. The Kier molecular flexibility index (Phi) is 5.38. The first-order valence-corrected chi connectivity index (χ1v) is 8.55. The highest BCUT2D eigenvalue weighted by atomic mass is 16.5. The van der Waals surface area contributed by atoms with Gasteiger partial charge >= 0.3 is 0 Å². The van der Waals surface area contributed by atoms with E-state index >= 15 is 0 Å². The molecule has 6 nitrogen and oxygen atoms in total. The molecular weight excluding hydrogens is 308 g/mol. The number of carbonyl (C=O) groups is 1. The molecule has 6 heteroatoms. The van der Waals surface area contributed by atoms with Crippen LogP contribution in [0.4, 0.5) is 0 Å². The van der Waals surface area contributed by atoms with Crippen LogP contribution in [-0.2, 0) is 9.53 Å². The molecular formula is C18H26N2O4. The zero-order valence-electron chi connectivity index (χ0n) is 14.2. The molecule has 0 radical (unpaired) electrons. The van der Waals surface area contributed by atoms with Gasteiger partial charge in [0.05, 0.1) is 6.61 Å². The number of methoxy groups -OCH3 is 1. The first-order valence-electron chi connectivity index (χ1n) is 8.55. The van der Waals surface area contributed by atoms with E-state index in [0.717, 1.165) is 25.3 Å². The number of nitrogens with zero attached hydrogens (tertiary/aromatic N) is 2.